The van der Waals surface area contributed by atoms with Crippen LogP contribution in [0.4, 0.5) is 0 Å². The monoisotopic (exact) mass is 336 g/mol. The molecule has 2 N–H and O–H groups in total. The van der Waals surface area contributed by atoms with E-state index in [9.17, 15) is 8.42 Å². The number of hydrogen-bond donors (Lipinski definition) is 1. The van der Waals surface area contributed by atoms with Crippen LogP contribution in [0.2, 0.25) is 10.0 Å². The van der Waals surface area contributed by atoms with Crippen molar-refractivity contribution in [2.24, 2.45) is 11.7 Å². The first-order chi connectivity index (χ1) is 9.36. The van der Waals surface area contributed by atoms with E-state index in [4.69, 9.17) is 28.9 Å². The lowest BCUT2D eigenvalue weighted by Gasteiger charge is -2.35. The summed E-state index contributed by atoms with van der Waals surface area (Å²) in [5.41, 5.74) is 6.02. The third-order valence-corrected chi connectivity index (χ3v) is 6.41. The molecule has 1 heterocycles. The maximum Gasteiger partial charge on any atom is 0.243 e. The molecule has 0 saturated carbocycles. The number of rotatable bonds is 3. The molecule has 0 amide bonds. The summed E-state index contributed by atoms with van der Waals surface area (Å²) in [6.45, 7) is 2.93. The van der Waals surface area contributed by atoms with Gasteiger partial charge in [-0.2, -0.15) is 4.31 Å². The average molecular weight is 337 g/mol. The maximum atomic E-state index is 12.6. The summed E-state index contributed by atoms with van der Waals surface area (Å²) in [5.74, 6) is 0.196. The van der Waals surface area contributed by atoms with Crippen molar-refractivity contribution in [1.82, 2.24) is 4.31 Å². The maximum absolute atomic E-state index is 12.6. The van der Waals surface area contributed by atoms with Crippen molar-refractivity contribution < 1.29 is 8.42 Å². The van der Waals surface area contributed by atoms with Gasteiger partial charge in [0.15, 0.2) is 0 Å². The Morgan fingerprint density at radius 3 is 2.65 bits per heavy atom. The minimum Gasteiger partial charge on any atom is -0.327 e. The summed E-state index contributed by atoms with van der Waals surface area (Å²) in [6.07, 6.45) is 1.55. The van der Waals surface area contributed by atoms with E-state index >= 15 is 0 Å². The summed E-state index contributed by atoms with van der Waals surface area (Å²) in [6, 6.07) is 4.46. The predicted molar refractivity (Wildman–Crippen MR) is 81.6 cm³/mol. The molecule has 2 unspecified atom stereocenters. The van der Waals surface area contributed by atoms with Crippen LogP contribution in [0, 0.1) is 5.92 Å². The van der Waals surface area contributed by atoms with Crippen LogP contribution in [-0.2, 0) is 10.0 Å². The van der Waals surface area contributed by atoms with Crippen molar-refractivity contribution in [3.63, 3.8) is 0 Å². The molecule has 7 heteroatoms. The highest BCUT2D eigenvalue weighted by Gasteiger charge is 2.33. The van der Waals surface area contributed by atoms with E-state index in [0.717, 1.165) is 6.42 Å². The van der Waals surface area contributed by atoms with E-state index in [1.165, 1.54) is 22.5 Å². The number of benzene rings is 1. The summed E-state index contributed by atoms with van der Waals surface area (Å²) in [5, 5.41) is 0.589. The highest BCUT2D eigenvalue weighted by Crippen LogP contribution is 2.29. The molecular weight excluding hydrogens is 319 g/mol. The predicted octanol–water partition coefficient (Wildman–Crippen LogP) is 2.74. The number of nitrogens with two attached hydrogens (primary N) is 1. The Balaban J connectivity index is 2.28. The molecule has 1 aliphatic heterocycles. The Labute approximate surface area is 129 Å². The van der Waals surface area contributed by atoms with Crippen LogP contribution < -0.4 is 5.73 Å². The van der Waals surface area contributed by atoms with Gasteiger partial charge in [0.2, 0.25) is 10.0 Å². The second-order valence-corrected chi connectivity index (χ2v) is 7.81. The minimum absolute atomic E-state index is 0.0697. The lowest BCUT2D eigenvalue weighted by molar-refractivity contribution is 0.230. The second-order valence-electron chi connectivity index (χ2n) is 5.06. The standard InChI is InChI=1S/C13H18Cl2N2O2S/c1-2-9-8-17(6-5-13(9)16)20(18,19)10-3-4-11(14)12(15)7-10/h3-4,7,9,13H,2,5-6,8,16H2,1H3. The van der Waals surface area contributed by atoms with Gasteiger partial charge in [0.25, 0.3) is 0 Å². The van der Waals surface area contributed by atoms with Crippen LogP contribution in [0.25, 0.3) is 0 Å². The van der Waals surface area contributed by atoms with Gasteiger partial charge in [-0.25, -0.2) is 8.42 Å². The highest BCUT2D eigenvalue weighted by molar-refractivity contribution is 7.89. The lowest BCUT2D eigenvalue weighted by atomic mass is 9.92. The lowest BCUT2D eigenvalue weighted by Crippen LogP contribution is -2.48. The summed E-state index contributed by atoms with van der Waals surface area (Å²) < 4.78 is 26.7. The van der Waals surface area contributed by atoms with Gasteiger partial charge in [-0.05, 0) is 30.5 Å². The quantitative estimate of drug-likeness (QED) is 0.922. The third kappa shape index (κ3) is 3.12. The first-order valence-electron chi connectivity index (χ1n) is 6.57. The Morgan fingerprint density at radius 2 is 2.05 bits per heavy atom. The summed E-state index contributed by atoms with van der Waals surface area (Å²) >= 11 is 11.7. The molecule has 0 aromatic heterocycles. The first kappa shape index (κ1) is 16.0. The molecule has 1 aromatic carbocycles. The van der Waals surface area contributed by atoms with Crippen molar-refractivity contribution in [1.29, 1.82) is 0 Å². The summed E-state index contributed by atoms with van der Waals surface area (Å²) in [7, 11) is -3.53. The Bertz CT molecular complexity index is 592. The van der Waals surface area contributed by atoms with E-state index < -0.39 is 10.0 Å². The molecular formula is C13H18Cl2N2O2S. The molecule has 0 aliphatic carbocycles. The van der Waals surface area contributed by atoms with Crippen molar-refractivity contribution >= 4 is 33.2 Å². The molecule has 2 rings (SSSR count). The van der Waals surface area contributed by atoms with Crippen LogP contribution in [0.1, 0.15) is 19.8 Å². The normalized spacial score (nSPS) is 24.8. The smallest absolute Gasteiger partial charge is 0.243 e. The second kappa shape index (κ2) is 6.20. The molecule has 20 heavy (non-hydrogen) atoms. The fraction of sp³-hybridized carbons (Fsp3) is 0.538. The number of piperidine rings is 1. The molecule has 4 nitrogen and oxygen atoms in total. The number of halogens is 2. The molecule has 0 bridgehead atoms. The molecule has 1 fully saturated rings. The van der Waals surface area contributed by atoms with Gasteiger partial charge in [0.1, 0.15) is 0 Å². The van der Waals surface area contributed by atoms with Crippen LogP contribution in [0.5, 0.6) is 0 Å². The molecule has 1 aliphatic rings. The van der Waals surface area contributed by atoms with Gasteiger partial charge in [0, 0.05) is 19.1 Å². The molecule has 0 spiro atoms. The van der Waals surface area contributed by atoms with E-state index in [-0.39, 0.29) is 21.9 Å². The van der Waals surface area contributed by atoms with Gasteiger partial charge < -0.3 is 5.73 Å². The number of nitrogens with zero attached hydrogens (tertiary/aromatic N) is 1. The van der Waals surface area contributed by atoms with E-state index in [1.807, 2.05) is 6.92 Å². The topological polar surface area (TPSA) is 63.4 Å². The zero-order valence-electron chi connectivity index (χ0n) is 11.2. The van der Waals surface area contributed by atoms with Gasteiger partial charge in [0.05, 0.1) is 14.9 Å². The molecule has 112 valence electrons. The van der Waals surface area contributed by atoms with Crippen LogP contribution >= 0.6 is 23.2 Å². The van der Waals surface area contributed by atoms with Gasteiger partial charge in [-0.3, -0.25) is 0 Å². The molecule has 2 atom stereocenters. The highest BCUT2D eigenvalue weighted by atomic mass is 35.5. The van der Waals surface area contributed by atoms with Gasteiger partial charge >= 0.3 is 0 Å². The van der Waals surface area contributed by atoms with Gasteiger partial charge in [-0.15, -0.1) is 0 Å². The zero-order valence-corrected chi connectivity index (χ0v) is 13.5. The van der Waals surface area contributed by atoms with Crippen molar-refractivity contribution in [3.05, 3.63) is 28.2 Å². The Hall–Kier alpha value is -0.330. The fourth-order valence-corrected chi connectivity index (χ4v) is 4.35. The van der Waals surface area contributed by atoms with Crippen molar-refractivity contribution in [2.75, 3.05) is 13.1 Å². The van der Waals surface area contributed by atoms with Crippen LogP contribution in [0.3, 0.4) is 0 Å². The molecule has 1 saturated heterocycles. The Kier molecular flexibility index (Phi) is 4.97. The first-order valence-corrected chi connectivity index (χ1v) is 8.76. The number of sulfonamides is 1. The average Bonchev–Trinajstić information content (AvgIpc) is 2.42. The van der Waals surface area contributed by atoms with E-state index in [2.05, 4.69) is 0 Å². The molecule has 1 aromatic rings. The summed E-state index contributed by atoms with van der Waals surface area (Å²) in [4.78, 5) is 0.178. The van der Waals surface area contributed by atoms with Crippen molar-refractivity contribution in [3.8, 4) is 0 Å². The number of hydrogen-bond acceptors (Lipinski definition) is 3. The zero-order chi connectivity index (χ0) is 14.9. The fourth-order valence-electron chi connectivity index (χ4n) is 2.45. The van der Waals surface area contributed by atoms with Crippen molar-refractivity contribution in [2.45, 2.75) is 30.7 Å². The SMILES string of the molecule is CCC1CN(S(=O)(=O)c2ccc(Cl)c(Cl)c2)CCC1N. The van der Waals surface area contributed by atoms with Gasteiger partial charge in [-0.1, -0.05) is 36.5 Å². The molecule has 0 radical (unpaired) electrons. The van der Waals surface area contributed by atoms with E-state index in [0.29, 0.717) is 24.5 Å². The largest absolute Gasteiger partial charge is 0.327 e. The van der Waals surface area contributed by atoms with Crippen LogP contribution in [0.15, 0.2) is 23.1 Å². The van der Waals surface area contributed by atoms with E-state index in [1.54, 1.807) is 0 Å². The van der Waals surface area contributed by atoms with Crippen LogP contribution in [-0.4, -0.2) is 31.9 Å². The third-order valence-electron chi connectivity index (χ3n) is 3.81. The Morgan fingerprint density at radius 1 is 1.35 bits per heavy atom. The minimum atomic E-state index is -3.53.